The summed E-state index contributed by atoms with van der Waals surface area (Å²) in [6, 6.07) is 16.0. The van der Waals surface area contributed by atoms with Gasteiger partial charge in [0.25, 0.3) is 0 Å². The van der Waals surface area contributed by atoms with Crippen LogP contribution in [0.15, 0.2) is 54.9 Å². The summed E-state index contributed by atoms with van der Waals surface area (Å²) in [5, 5.41) is 10.00. The maximum atomic E-state index is 11.9. The van der Waals surface area contributed by atoms with Gasteiger partial charge in [0.05, 0.1) is 15.7 Å². The number of terminal acetylenes is 1. The van der Waals surface area contributed by atoms with Gasteiger partial charge in [-0.1, -0.05) is 48.5 Å². The molecule has 1 heterocycles. The van der Waals surface area contributed by atoms with Crippen molar-refractivity contribution in [3.63, 3.8) is 0 Å². The largest absolute Gasteiger partial charge is 0.452 e. The number of carbonyl (C=O) groups excluding carboxylic acids is 1. The van der Waals surface area contributed by atoms with Crippen LogP contribution in [0.2, 0.25) is 0 Å². The van der Waals surface area contributed by atoms with E-state index < -0.39 is 11.4 Å². The first kappa shape index (κ1) is 22.6. The molecule has 0 aliphatic carbocycles. The van der Waals surface area contributed by atoms with Gasteiger partial charge in [0.2, 0.25) is 0 Å². The minimum Gasteiger partial charge on any atom is -0.452 e. The molecule has 0 aliphatic heterocycles. The molecule has 29 heavy (non-hydrogen) atoms. The number of thiocarbonyl (C=S) groups is 1. The number of benzene rings is 1. The summed E-state index contributed by atoms with van der Waals surface area (Å²) < 4.78 is 5.73. The first-order valence-corrected chi connectivity index (χ1v) is 10.5. The van der Waals surface area contributed by atoms with Crippen molar-refractivity contribution in [2.45, 2.75) is 25.7 Å². The summed E-state index contributed by atoms with van der Waals surface area (Å²) in [4.78, 5) is 16.0. The number of nitriles is 1. The van der Waals surface area contributed by atoms with Crippen LogP contribution in [0.25, 0.3) is 0 Å². The fraction of sp³-hybridized carbons (Fsp3) is 0.304. The molecule has 2 unspecified atom stereocenters. The van der Waals surface area contributed by atoms with Gasteiger partial charge in [-0.05, 0) is 36.6 Å². The van der Waals surface area contributed by atoms with Gasteiger partial charge in [0.1, 0.15) is 0 Å². The SMILES string of the molecule is C#CCOC(=O)CCC(C)(C#N)C(CSC(=S)c1ccccc1)c1ccncc1. The van der Waals surface area contributed by atoms with Crippen LogP contribution in [0.4, 0.5) is 0 Å². The van der Waals surface area contributed by atoms with Crippen molar-refractivity contribution in [2.75, 3.05) is 12.4 Å². The zero-order valence-electron chi connectivity index (χ0n) is 16.2. The van der Waals surface area contributed by atoms with E-state index in [1.807, 2.05) is 49.4 Å². The molecular weight excluding hydrogens is 400 g/mol. The third-order valence-corrected chi connectivity index (χ3v) is 6.28. The monoisotopic (exact) mass is 422 g/mol. The Hall–Kier alpha value is -2.67. The van der Waals surface area contributed by atoms with E-state index in [4.69, 9.17) is 23.4 Å². The van der Waals surface area contributed by atoms with Crippen LogP contribution in [0.5, 0.6) is 0 Å². The van der Waals surface area contributed by atoms with Gasteiger partial charge in [-0.2, -0.15) is 5.26 Å². The summed E-state index contributed by atoms with van der Waals surface area (Å²) in [6.07, 6.45) is 9.03. The molecular formula is C23H22N2O2S2. The van der Waals surface area contributed by atoms with Crippen molar-refractivity contribution >= 4 is 34.1 Å². The number of hydrogen-bond donors (Lipinski definition) is 0. The minimum atomic E-state index is -0.782. The molecule has 0 N–H and O–H groups in total. The van der Waals surface area contributed by atoms with Gasteiger partial charge < -0.3 is 4.74 Å². The van der Waals surface area contributed by atoms with Gasteiger partial charge in [-0.25, -0.2) is 0 Å². The number of hydrogen-bond acceptors (Lipinski definition) is 6. The zero-order chi connectivity index (χ0) is 21.1. The Kier molecular flexibility index (Phi) is 8.86. The molecule has 0 aliphatic rings. The van der Waals surface area contributed by atoms with E-state index in [1.54, 1.807) is 24.2 Å². The summed E-state index contributed by atoms with van der Waals surface area (Å²) in [5.41, 5.74) is 1.19. The number of nitrogens with zero attached hydrogens (tertiary/aromatic N) is 2. The molecule has 0 radical (unpaired) electrons. The molecule has 6 heteroatoms. The Labute approximate surface area is 181 Å². The molecule has 2 atom stereocenters. The number of thioether (sulfide) groups is 1. The number of aromatic nitrogens is 1. The standard InChI is InChI=1S/C23H22N2O2S2/c1-3-15-27-21(26)9-12-23(2,17-24)20(18-10-13-25-14-11-18)16-29-22(28)19-7-5-4-6-8-19/h1,4-8,10-11,13-14,20H,9,12,15-16H2,2H3. The smallest absolute Gasteiger partial charge is 0.306 e. The van der Waals surface area contributed by atoms with Crippen molar-refractivity contribution in [3.8, 4) is 18.4 Å². The maximum Gasteiger partial charge on any atom is 0.306 e. The quantitative estimate of drug-likeness (QED) is 0.330. The average Bonchev–Trinajstić information content (AvgIpc) is 2.77. The van der Waals surface area contributed by atoms with Crippen LogP contribution in [-0.2, 0) is 9.53 Å². The lowest BCUT2D eigenvalue weighted by atomic mass is 9.72. The topological polar surface area (TPSA) is 63.0 Å². The second kappa shape index (κ2) is 11.4. The fourth-order valence-corrected chi connectivity index (χ4v) is 4.45. The summed E-state index contributed by atoms with van der Waals surface area (Å²) in [7, 11) is 0. The second-order valence-corrected chi connectivity index (χ2v) is 8.39. The summed E-state index contributed by atoms with van der Waals surface area (Å²) in [5.74, 6) is 2.35. The molecule has 1 aromatic heterocycles. The molecule has 2 aromatic rings. The normalized spacial score (nSPS) is 13.3. The van der Waals surface area contributed by atoms with E-state index in [9.17, 15) is 10.1 Å². The van der Waals surface area contributed by atoms with E-state index in [-0.39, 0.29) is 18.9 Å². The van der Waals surface area contributed by atoms with Crippen molar-refractivity contribution in [3.05, 3.63) is 66.0 Å². The van der Waals surface area contributed by atoms with E-state index in [0.29, 0.717) is 12.2 Å². The Morgan fingerprint density at radius 2 is 2.00 bits per heavy atom. The molecule has 0 saturated heterocycles. The van der Waals surface area contributed by atoms with E-state index in [0.717, 1.165) is 15.3 Å². The van der Waals surface area contributed by atoms with Gasteiger partial charge in [0.15, 0.2) is 6.61 Å². The Morgan fingerprint density at radius 1 is 1.31 bits per heavy atom. The first-order valence-electron chi connectivity index (χ1n) is 9.12. The van der Waals surface area contributed by atoms with Crippen molar-refractivity contribution < 1.29 is 9.53 Å². The van der Waals surface area contributed by atoms with E-state index >= 15 is 0 Å². The predicted molar refractivity (Wildman–Crippen MR) is 120 cm³/mol. The zero-order valence-corrected chi connectivity index (χ0v) is 17.8. The van der Waals surface area contributed by atoms with E-state index in [1.165, 1.54) is 0 Å². The summed E-state index contributed by atoms with van der Waals surface area (Å²) >= 11 is 7.12. The first-order chi connectivity index (χ1) is 14.0. The molecule has 1 aromatic carbocycles. The van der Waals surface area contributed by atoms with Crippen LogP contribution >= 0.6 is 24.0 Å². The number of pyridine rings is 1. The van der Waals surface area contributed by atoms with Crippen LogP contribution in [0.3, 0.4) is 0 Å². The number of rotatable bonds is 9. The minimum absolute atomic E-state index is 0.0585. The molecule has 0 saturated carbocycles. The Bertz CT molecular complexity index is 904. The lowest BCUT2D eigenvalue weighted by Crippen LogP contribution is -2.28. The van der Waals surface area contributed by atoms with Gasteiger partial charge in [-0.15, -0.1) is 18.2 Å². The van der Waals surface area contributed by atoms with Gasteiger partial charge >= 0.3 is 5.97 Å². The maximum absolute atomic E-state index is 11.9. The predicted octanol–water partition coefficient (Wildman–Crippen LogP) is 4.76. The summed E-state index contributed by atoms with van der Waals surface area (Å²) in [6.45, 7) is 1.82. The highest BCUT2D eigenvalue weighted by atomic mass is 32.2. The van der Waals surface area contributed by atoms with Crippen molar-refractivity contribution in [1.82, 2.24) is 4.98 Å². The molecule has 0 amide bonds. The lowest BCUT2D eigenvalue weighted by Gasteiger charge is -2.32. The highest BCUT2D eigenvalue weighted by Crippen LogP contribution is 2.42. The molecule has 4 nitrogen and oxygen atoms in total. The van der Waals surface area contributed by atoms with Crippen molar-refractivity contribution in [2.24, 2.45) is 5.41 Å². The third kappa shape index (κ3) is 6.71. The Morgan fingerprint density at radius 3 is 2.62 bits per heavy atom. The van der Waals surface area contributed by atoms with Crippen molar-refractivity contribution in [1.29, 1.82) is 5.26 Å². The van der Waals surface area contributed by atoms with Crippen LogP contribution in [0.1, 0.15) is 36.8 Å². The van der Waals surface area contributed by atoms with Crippen LogP contribution in [0, 0.1) is 29.1 Å². The molecule has 0 fully saturated rings. The van der Waals surface area contributed by atoms with Crippen LogP contribution < -0.4 is 0 Å². The molecule has 0 bridgehead atoms. The van der Waals surface area contributed by atoms with Gasteiger partial charge in [-0.3, -0.25) is 9.78 Å². The Balaban J connectivity index is 2.17. The lowest BCUT2D eigenvalue weighted by molar-refractivity contribution is -0.142. The molecule has 2 rings (SSSR count). The highest BCUT2D eigenvalue weighted by Gasteiger charge is 2.36. The molecule has 0 spiro atoms. The number of carbonyl (C=O) groups is 1. The second-order valence-electron chi connectivity index (χ2n) is 6.69. The average molecular weight is 423 g/mol. The third-order valence-electron chi connectivity index (χ3n) is 4.69. The van der Waals surface area contributed by atoms with Crippen LogP contribution in [-0.4, -0.2) is 27.5 Å². The fourth-order valence-electron chi connectivity index (χ4n) is 2.92. The number of esters is 1. The molecule has 148 valence electrons. The van der Waals surface area contributed by atoms with Gasteiger partial charge in [0, 0.05) is 30.5 Å². The number of ether oxygens (including phenoxy) is 1. The highest BCUT2D eigenvalue weighted by molar-refractivity contribution is 8.23. The van der Waals surface area contributed by atoms with E-state index in [2.05, 4.69) is 17.0 Å².